The van der Waals surface area contributed by atoms with Crippen LogP contribution in [-0.2, 0) is 19.1 Å². The number of rotatable bonds is 29. The Labute approximate surface area is 249 Å². The molecule has 0 aliphatic heterocycles. The lowest BCUT2D eigenvalue weighted by molar-refractivity contribution is -0.150. The first kappa shape index (κ1) is 38.9. The Morgan fingerprint density at radius 1 is 0.500 bits per heavy atom. The molecule has 5 heteroatoms. The zero-order valence-corrected chi connectivity index (χ0v) is 27.8. The van der Waals surface area contributed by atoms with E-state index in [-0.39, 0.29) is 23.8 Å². The molecule has 0 aromatic rings. The molecule has 0 N–H and O–H groups in total. The zero-order chi connectivity index (χ0) is 29.8. The van der Waals surface area contributed by atoms with Gasteiger partial charge in [0.1, 0.15) is 6.61 Å². The van der Waals surface area contributed by atoms with Crippen LogP contribution in [0.15, 0.2) is 0 Å². The summed E-state index contributed by atoms with van der Waals surface area (Å²) >= 11 is 0. The molecule has 0 saturated carbocycles. The van der Waals surface area contributed by atoms with E-state index >= 15 is 0 Å². The van der Waals surface area contributed by atoms with Gasteiger partial charge in [0.15, 0.2) is 0 Å². The Balaban J connectivity index is 4.44. The summed E-state index contributed by atoms with van der Waals surface area (Å²) in [7, 11) is 0. The molecule has 0 radical (unpaired) electrons. The molecular formula is C35H69NO4. The summed E-state index contributed by atoms with van der Waals surface area (Å²) in [6.07, 6.45) is 21.0. The van der Waals surface area contributed by atoms with Gasteiger partial charge in [-0.25, -0.2) is 0 Å². The van der Waals surface area contributed by atoms with Crippen LogP contribution in [0.4, 0.5) is 0 Å². The van der Waals surface area contributed by atoms with Crippen LogP contribution in [0.1, 0.15) is 164 Å². The number of unbranched alkanes of at least 4 members (excludes halogenated alkanes) is 8. The van der Waals surface area contributed by atoms with E-state index in [1.54, 1.807) is 0 Å². The van der Waals surface area contributed by atoms with Gasteiger partial charge in [-0.2, -0.15) is 0 Å². The van der Waals surface area contributed by atoms with E-state index in [0.29, 0.717) is 19.1 Å². The Bertz CT molecular complexity index is 582. The summed E-state index contributed by atoms with van der Waals surface area (Å²) in [5.41, 5.74) is 0. The highest BCUT2D eigenvalue weighted by Gasteiger charge is 2.21. The van der Waals surface area contributed by atoms with Gasteiger partial charge >= 0.3 is 11.9 Å². The fraction of sp³-hybridized carbons (Fsp3) is 0.943. The smallest absolute Gasteiger partial charge is 0.308 e. The van der Waals surface area contributed by atoms with Crippen molar-refractivity contribution < 1.29 is 19.1 Å². The molecular weight excluding hydrogens is 498 g/mol. The Hall–Kier alpha value is -1.10. The predicted molar refractivity (Wildman–Crippen MR) is 171 cm³/mol. The quantitative estimate of drug-likeness (QED) is 0.0665. The monoisotopic (exact) mass is 568 g/mol. The molecule has 5 nitrogen and oxygen atoms in total. The fourth-order valence-corrected chi connectivity index (χ4v) is 5.37. The molecule has 0 aliphatic carbocycles. The molecule has 0 aliphatic rings. The van der Waals surface area contributed by atoms with E-state index in [0.717, 1.165) is 103 Å². The summed E-state index contributed by atoms with van der Waals surface area (Å²) in [5, 5.41) is 0. The molecule has 0 aromatic carbocycles. The maximum absolute atomic E-state index is 12.8. The second-order valence-electron chi connectivity index (χ2n) is 12.2. The fourth-order valence-electron chi connectivity index (χ4n) is 5.37. The molecule has 0 aromatic heterocycles. The molecule has 238 valence electrons. The van der Waals surface area contributed by atoms with Crippen molar-refractivity contribution in [3.63, 3.8) is 0 Å². The number of ether oxygens (including phenoxy) is 2. The Kier molecular flexibility index (Phi) is 27.3. The highest BCUT2D eigenvalue weighted by molar-refractivity contribution is 5.72. The van der Waals surface area contributed by atoms with E-state index in [4.69, 9.17) is 9.47 Å². The van der Waals surface area contributed by atoms with E-state index in [1.165, 1.54) is 38.5 Å². The van der Waals surface area contributed by atoms with Crippen LogP contribution in [-0.4, -0.2) is 49.7 Å². The van der Waals surface area contributed by atoms with Crippen molar-refractivity contribution in [1.82, 2.24) is 4.90 Å². The molecule has 0 fully saturated rings. The van der Waals surface area contributed by atoms with Crippen molar-refractivity contribution in [2.75, 3.05) is 32.8 Å². The first-order chi connectivity index (χ1) is 19.4. The van der Waals surface area contributed by atoms with Gasteiger partial charge in [-0.15, -0.1) is 0 Å². The number of carbonyl (C=O) groups excluding carboxylic acids is 2. The average molecular weight is 568 g/mol. The normalized spacial score (nSPS) is 13.8. The van der Waals surface area contributed by atoms with Crippen molar-refractivity contribution >= 4 is 11.9 Å². The van der Waals surface area contributed by atoms with E-state index < -0.39 is 0 Å². The lowest BCUT2D eigenvalue weighted by atomic mass is 9.95. The predicted octanol–water partition coefficient (Wildman–Crippen LogP) is 9.75. The molecule has 0 heterocycles. The average Bonchev–Trinajstić information content (AvgIpc) is 2.95. The third kappa shape index (κ3) is 21.6. The van der Waals surface area contributed by atoms with Crippen LogP contribution < -0.4 is 0 Å². The highest BCUT2D eigenvalue weighted by atomic mass is 16.5. The Morgan fingerprint density at radius 3 is 1.45 bits per heavy atom. The number of esters is 2. The van der Waals surface area contributed by atoms with Crippen LogP contribution in [0, 0.1) is 17.8 Å². The van der Waals surface area contributed by atoms with E-state index in [1.807, 2.05) is 0 Å². The minimum atomic E-state index is 0.0131. The number of nitrogens with zero attached hydrogens (tertiary/aromatic N) is 1. The van der Waals surface area contributed by atoms with Gasteiger partial charge in [0, 0.05) is 6.54 Å². The molecule has 0 amide bonds. The maximum atomic E-state index is 12.8. The molecule has 3 unspecified atom stereocenters. The number of carbonyl (C=O) groups is 2. The SMILES string of the molecule is CCCCCCC(CCCC)C(=O)OCCC(C)CCN(CCC)CCOC(=O)C(CCCC)CCCCCC. The number of hydrogen-bond donors (Lipinski definition) is 0. The molecule has 0 rings (SSSR count). The largest absolute Gasteiger partial charge is 0.465 e. The van der Waals surface area contributed by atoms with Crippen molar-refractivity contribution in [3.05, 3.63) is 0 Å². The van der Waals surface area contributed by atoms with Gasteiger partial charge in [0.2, 0.25) is 0 Å². The van der Waals surface area contributed by atoms with Crippen molar-refractivity contribution in [1.29, 1.82) is 0 Å². The van der Waals surface area contributed by atoms with Crippen molar-refractivity contribution in [2.24, 2.45) is 17.8 Å². The third-order valence-electron chi connectivity index (χ3n) is 8.28. The summed E-state index contributed by atoms with van der Waals surface area (Å²) in [6, 6.07) is 0. The van der Waals surface area contributed by atoms with Crippen LogP contribution in [0.5, 0.6) is 0 Å². The van der Waals surface area contributed by atoms with E-state index in [2.05, 4.69) is 46.4 Å². The maximum Gasteiger partial charge on any atom is 0.308 e. The second kappa shape index (κ2) is 28.0. The molecule has 0 spiro atoms. The molecule has 0 saturated heterocycles. The molecule has 0 bridgehead atoms. The molecule has 40 heavy (non-hydrogen) atoms. The van der Waals surface area contributed by atoms with Crippen molar-refractivity contribution in [3.8, 4) is 0 Å². The number of hydrogen-bond acceptors (Lipinski definition) is 5. The van der Waals surface area contributed by atoms with Crippen LogP contribution in [0.3, 0.4) is 0 Å². The summed E-state index contributed by atoms with van der Waals surface area (Å²) in [4.78, 5) is 28.0. The second-order valence-corrected chi connectivity index (χ2v) is 12.2. The third-order valence-corrected chi connectivity index (χ3v) is 8.28. The van der Waals surface area contributed by atoms with Crippen LogP contribution >= 0.6 is 0 Å². The Morgan fingerprint density at radius 2 is 0.975 bits per heavy atom. The lowest BCUT2D eigenvalue weighted by Gasteiger charge is -2.24. The first-order valence-electron chi connectivity index (χ1n) is 17.5. The van der Waals surface area contributed by atoms with Gasteiger partial charge in [-0.3, -0.25) is 14.5 Å². The van der Waals surface area contributed by atoms with Gasteiger partial charge in [0.25, 0.3) is 0 Å². The van der Waals surface area contributed by atoms with Gasteiger partial charge in [0.05, 0.1) is 18.4 Å². The summed E-state index contributed by atoms with van der Waals surface area (Å²) in [5.74, 6) is 0.674. The van der Waals surface area contributed by atoms with Gasteiger partial charge < -0.3 is 9.47 Å². The standard InChI is InChI=1S/C35H69NO4/c1-7-12-16-18-22-32(20-14-9-3)34(37)39-29-25-31(6)24-27-36(26-11-5)28-30-40-35(38)33(21-15-10-4)23-19-17-13-8-2/h31-33H,7-30H2,1-6H3. The minimum Gasteiger partial charge on any atom is -0.465 e. The minimum absolute atomic E-state index is 0.0131. The van der Waals surface area contributed by atoms with Gasteiger partial charge in [-0.1, -0.05) is 119 Å². The van der Waals surface area contributed by atoms with Crippen molar-refractivity contribution in [2.45, 2.75) is 164 Å². The lowest BCUT2D eigenvalue weighted by Crippen LogP contribution is -2.32. The van der Waals surface area contributed by atoms with E-state index in [9.17, 15) is 9.59 Å². The van der Waals surface area contributed by atoms with Gasteiger partial charge in [-0.05, 0) is 64.0 Å². The summed E-state index contributed by atoms with van der Waals surface area (Å²) < 4.78 is 11.5. The summed E-state index contributed by atoms with van der Waals surface area (Å²) in [6.45, 7) is 17.1. The topological polar surface area (TPSA) is 55.8 Å². The van der Waals surface area contributed by atoms with Crippen LogP contribution in [0.25, 0.3) is 0 Å². The molecule has 3 atom stereocenters. The highest BCUT2D eigenvalue weighted by Crippen LogP contribution is 2.21. The zero-order valence-electron chi connectivity index (χ0n) is 27.8. The first-order valence-corrected chi connectivity index (χ1v) is 17.5. The van der Waals surface area contributed by atoms with Crippen LogP contribution in [0.2, 0.25) is 0 Å².